The molecule has 0 bridgehead atoms. The first-order valence-electron chi connectivity index (χ1n) is 10.5. The number of nitrogens with zero attached hydrogens (tertiary/aromatic N) is 3. The Labute approximate surface area is 182 Å². The van der Waals surface area contributed by atoms with Crippen LogP contribution in [0.4, 0.5) is 11.8 Å². The van der Waals surface area contributed by atoms with Gasteiger partial charge < -0.3 is 20.6 Å². The zero-order chi connectivity index (χ0) is 21.8. The highest BCUT2D eigenvalue weighted by Gasteiger charge is 2.34. The zero-order valence-corrected chi connectivity index (χ0v) is 17.7. The SMILES string of the molecule is CC(C)N1Cc2c(NC(c3ccccc3)c3ccccc3)nc(NCCO)nc2C1=O. The third-order valence-corrected chi connectivity index (χ3v) is 5.36. The summed E-state index contributed by atoms with van der Waals surface area (Å²) in [5, 5.41) is 15.8. The van der Waals surface area contributed by atoms with E-state index in [1.54, 1.807) is 4.90 Å². The molecule has 2 aromatic carbocycles. The summed E-state index contributed by atoms with van der Waals surface area (Å²) >= 11 is 0. The van der Waals surface area contributed by atoms with E-state index in [1.165, 1.54) is 0 Å². The highest BCUT2D eigenvalue weighted by atomic mass is 16.3. The number of aliphatic hydroxyl groups excluding tert-OH is 1. The maximum atomic E-state index is 13.0. The molecule has 0 saturated heterocycles. The lowest BCUT2D eigenvalue weighted by molar-refractivity contribution is 0.0726. The predicted molar refractivity (Wildman–Crippen MR) is 121 cm³/mol. The van der Waals surface area contributed by atoms with E-state index in [4.69, 9.17) is 0 Å². The standard InChI is InChI=1S/C24H27N5O2/c1-16(2)29-15-19-21(23(29)31)27-24(25-13-14-30)28-22(19)26-20(17-9-5-3-6-10-17)18-11-7-4-8-12-18/h3-12,16,20,30H,13-15H2,1-2H3,(H2,25,26,27,28). The molecule has 1 aliphatic rings. The fourth-order valence-electron chi connectivity index (χ4n) is 3.76. The average Bonchev–Trinajstić information content (AvgIpc) is 3.14. The average molecular weight is 418 g/mol. The predicted octanol–water partition coefficient (Wildman–Crippen LogP) is 3.45. The molecule has 160 valence electrons. The molecule has 1 aliphatic heterocycles. The Balaban J connectivity index is 1.78. The van der Waals surface area contributed by atoms with Gasteiger partial charge in [-0.1, -0.05) is 60.7 Å². The Morgan fingerprint density at radius 3 is 2.16 bits per heavy atom. The van der Waals surface area contributed by atoms with Crippen LogP contribution in [0.5, 0.6) is 0 Å². The molecule has 0 fully saturated rings. The monoisotopic (exact) mass is 417 g/mol. The second kappa shape index (κ2) is 9.14. The van der Waals surface area contributed by atoms with Gasteiger partial charge in [-0.2, -0.15) is 4.98 Å². The van der Waals surface area contributed by atoms with E-state index in [1.807, 2.05) is 50.2 Å². The van der Waals surface area contributed by atoms with E-state index in [2.05, 4.69) is 44.9 Å². The summed E-state index contributed by atoms with van der Waals surface area (Å²) in [7, 11) is 0. The van der Waals surface area contributed by atoms with Crippen molar-refractivity contribution in [2.24, 2.45) is 0 Å². The molecule has 2 heterocycles. The summed E-state index contributed by atoms with van der Waals surface area (Å²) in [4.78, 5) is 23.9. The van der Waals surface area contributed by atoms with Crippen LogP contribution in [0.15, 0.2) is 60.7 Å². The van der Waals surface area contributed by atoms with Crippen LogP contribution in [0.1, 0.15) is 47.1 Å². The summed E-state index contributed by atoms with van der Waals surface area (Å²) in [5.41, 5.74) is 3.39. The van der Waals surface area contributed by atoms with E-state index in [-0.39, 0.29) is 24.6 Å². The highest BCUT2D eigenvalue weighted by molar-refractivity contribution is 5.98. The van der Waals surface area contributed by atoms with Gasteiger partial charge in [0, 0.05) is 18.2 Å². The third-order valence-electron chi connectivity index (χ3n) is 5.36. The quantitative estimate of drug-likeness (QED) is 0.520. The fourth-order valence-corrected chi connectivity index (χ4v) is 3.76. The number of hydrogen-bond acceptors (Lipinski definition) is 6. The number of amides is 1. The number of carbonyl (C=O) groups excluding carboxylic acids is 1. The Bertz CT molecular complexity index is 1000. The normalized spacial score (nSPS) is 13.1. The van der Waals surface area contributed by atoms with Crippen molar-refractivity contribution in [1.82, 2.24) is 14.9 Å². The first-order valence-corrected chi connectivity index (χ1v) is 10.5. The Hall–Kier alpha value is -3.45. The number of aliphatic hydroxyl groups is 1. The molecular formula is C24H27N5O2. The number of rotatable bonds is 8. The van der Waals surface area contributed by atoms with Crippen molar-refractivity contribution in [2.45, 2.75) is 32.5 Å². The Kier molecular flexibility index (Phi) is 6.13. The van der Waals surface area contributed by atoms with Crippen molar-refractivity contribution in [3.05, 3.63) is 83.0 Å². The van der Waals surface area contributed by atoms with Gasteiger partial charge >= 0.3 is 0 Å². The Morgan fingerprint density at radius 2 is 1.61 bits per heavy atom. The second-order valence-electron chi connectivity index (χ2n) is 7.80. The molecular weight excluding hydrogens is 390 g/mol. The first kappa shape index (κ1) is 20.8. The zero-order valence-electron chi connectivity index (χ0n) is 17.7. The van der Waals surface area contributed by atoms with Gasteiger partial charge in [0.2, 0.25) is 5.95 Å². The molecule has 4 rings (SSSR count). The number of anilines is 2. The van der Waals surface area contributed by atoms with Crippen LogP contribution >= 0.6 is 0 Å². The minimum absolute atomic E-state index is 0.0497. The lowest BCUT2D eigenvalue weighted by Crippen LogP contribution is -2.31. The van der Waals surface area contributed by atoms with Crippen LogP contribution in [0.2, 0.25) is 0 Å². The summed E-state index contributed by atoms with van der Waals surface area (Å²) in [5.74, 6) is 0.854. The van der Waals surface area contributed by atoms with E-state index < -0.39 is 0 Å². The lowest BCUT2D eigenvalue weighted by Gasteiger charge is -2.23. The topological polar surface area (TPSA) is 90.4 Å². The van der Waals surface area contributed by atoms with Crippen molar-refractivity contribution in [2.75, 3.05) is 23.8 Å². The maximum absolute atomic E-state index is 13.0. The molecule has 0 atom stereocenters. The summed E-state index contributed by atoms with van der Waals surface area (Å²) in [6.07, 6.45) is 0. The van der Waals surface area contributed by atoms with E-state index >= 15 is 0 Å². The summed E-state index contributed by atoms with van der Waals surface area (Å²) in [6.45, 7) is 4.70. The number of nitrogens with one attached hydrogen (secondary N) is 2. The Morgan fingerprint density at radius 1 is 1.00 bits per heavy atom. The molecule has 7 heteroatoms. The number of carbonyl (C=O) groups is 1. The molecule has 3 aromatic rings. The van der Waals surface area contributed by atoms with Gasteiger partial charge in [0.1, 0.15) is 11.5 Å². The molecule has 0 unspecified atom stereocenters. The summed E-state index contributed by atoms with van der Waals surface area (Å²) < 4.78 is 0. The van der Waals surface area contributed by atoms with Crippen LogP contribution in [0, 0.1) is 0 Å². The van der Waals surface area contributed by atoms with Gasteiger partial charge in [0.25, 0.3) is 5.91 Å². The molecule has 1 aromatic heterocycles. The largest absolute Gasteiger partial charge is 0.395 e. The van der Waals surface area contributed by atoms with Gasteiger partial charge in [0.05, 0.1) is 19.2 Å². The van der Waals surface area contributed by atoms with Crippen molar-refractivity contribution in [1.29, 1.82) is 0 Å². The third kappa shape index (κ3) is 4.36. The molecule has 0 radical (unpaired) electrons. The number of aromatic nitrogens is 2. The van der Waals surface area contributed by atoms with E-state index in [9.17, 15) is 9.90 Å². The van der Waals surface area contributed by atoms with Crippen LogP contribution in [0.25, 0.3) is 0 Å². The van der Waals surface area contributed by atoms with Crippen molar-refractivity contribution in [3.8, 4) is 0 Å². The molecule has 0 spiro atoms. The molecule has 0 aliphatic carbocycles. The maximum Gasteiger partial charge on any atom is 0.273 e. The van der Waals surface area contributed by atoms with Gasteiger partial charge in [-0.05, 0) is 25.0 Å². The fraction of sp³-hybridized carbons (Fsp3) is 0.292. The highest BCUT2D eigenvalue weighted by Crippen LogP contribution is 2.33. The smallest absolute Gasteiger partial charge is 0.273 e. The molecule has 7 nitrogen and oxygen atoms in total. The van der Waals surface area contributed by atoms with Crippen molar-refractivity contribution < 1.29 is 9.90 Å². The van der Waals surface area contributed by atoms with E-state index in [0.29, 0.717) is 30.5 Å². The first-order chi connectivity index (χ1) is 15.1. The van der Waals surface area contributed by atoms with Gasteiger partial charge in [-0.3, -0.25) is 4.79 Å². The van der Waals surface area contributed by atoms with Crippen LogP contribution in [-0.2, 0) is 6.54 Å². The molecule has 1 amide bonds. The second-order valence-corrected chi connectivity index (χ2v) is 7.80. The molecule has 0 saturated carbocycles. The number of hydrogen-bond donors (Lipinski definition) is 3. The minimum Gasteiger partial charge on any atom is -0.395 e. The lowest BCUT2D eigenvalue weighted by atomic mass is 9.98. The van der Waals surface area contributed by atoms with Crippen LogP contribution in [-0.4, -0.2) is 45.1 Å². The molecule has 3 N–H and O–H groups in total. The van der Waals surface area contributed by atoms with Crippen molar-refractivity contribution in [3.63, 3.8) is 0 Å². The van der Waals surface area contributed by atoms with Gasteiger partial charge in [-0.15, -0.1) is 0 Å². The molecule has 31 heavy (non-hydrogen) atoms. The van der Waals surface area contributed by atoms with Crippen molar-refractivity contribution >= 4 is 17.7 Å². The van der Waals surface area contributed by atoms with Gasteiger partial charge in [-0.25, -0.2) is 4.98 Å². The van der Waals surface area contributed by atoms with Crippen LogP contribution in [0.3, 0.4) is 0 Å². The number of fused-ring (bicyclic) bond motifs is 1. The van der Waals surface area contributed by atoms with Crippen LogP contribution < -0.4 is 10.6 Å². The summed E-state index contributed by atoms with van der Waals surface area (Å²) in [6, 6.07) is 20.2. The van der Waals surface area contributed by atoms with Gasteiger partial charge in [0.15, 0.2) is 0 Å². The minimum atomic E-state index is -0.143. The van der Waals surface area contributed by atoms with E-state index in [0.717, 1.165) is 16.7 Å². The number of benzene rings is 2.